The van der Waals surface area contributed by atoms with Crippen molar-refractivity contribution in [3.05, 3.63) is 220 Å². The van der Waals surface area contributed by atoms with Gasteiger partial charge in [0, 0.05) is 38.3 Å². The van der Waals surface area contributed by atoms with Crippen LogP contribution in [0.25, 0.3) is 99.2 Å². The number of hydrogen-bond acceptors (Lipinski definition) is 1. The molecule has 0 aliphatic heterocycles. The Kier molecular flexibility index (Phi) is 9.87. The molecule has 14 rings (SSSR count). The Balaban J connectivity index is 0.946. The van der Waals surface area contributed by atoms with Gasteiger partial charge in [0.15, 0.2) is 0 Å². The molecule has 336 valence electrons. The van der Waals surface area contributed by atoms with Gasteiger partial charge in [0.25, 0.3) is 0 Å². The average Bonchev–Trinajstić information content (AvgIpc) is 3.41. The molecule has 2 aliphatic rings. The summed E-state index contributed by atoms with van der Waals surface area (Å²) < 4.78 is 0. The fraction of sp³-hybridized carbons (Fsp3) is 0.159. The van der Waals surface area contributed by atoms with Crippen molar-refractivity contribution in [1.29, 1.82) is 0 Å². The van der Waals surface area contributed by atoms with Crippen LogP contribution in [0.5, 0.6) is 0 Å². The van der Waals surface area contributed by atoms with Crippen LogP contribution in [-0.4, -0.2) is 0 Å². The smallest absolute Gasteiger partial charge is 0.0619 e. The standard InChI is InChI=1S/C69H55N/c1-44-24-36-54(37-25-44)70(69-60-22-10-20-58-56-18-8-16-52-43-53-17-9-19-57-59-21-11-23-61(69)66(59)68(65(58)60)67(63(52)56)64(53)57)55-38-30-49(31-39-55)42-62(50-32-26-47(27-33-50)40-45-12-4-2-5-13-45)51-34-28-48(29-35-51)41-46-14-6-3-7-15-46/h8-11,16-43H,2-7,12-15H2,1H3. The highest BCUT2D eigenvalue weighted by molar-refractivity contribution is 6.50. The first-order chi connectivity index (χ1) is 34.6. The fourth-order valence-corrected chi connectivity index (χ4v) is 12.8. The summed E-state index contributed by atoms with van der Waals surface area (Å²) in [6.45, 7) is 2.18. The summed E-state index contributed by atoms with van der Waals surface area (Å²) in [6, 6.07) is 67.3. The zero-order chi connectivity index (χ0) is 46.3. The van der Waals surface area contributed by atoms with Crippen molar-refractivity contribution >= 4 is 116 Å². The van der Waals surface area contributed by atoms with E-state index in [0.717, 1.165) is 11.4 Å². The molecular weight excluding hydrogens is 843 g/mol. The molecule has 0 spiro atoms. The molecular formula is C69H55N. The molecule has 0 N–H and O–H groups in total. The summed E-state index contributed by atoms with van der Waals surface area (Å²) in [4.78, 5) is 2.53. The first kappa shape index (κ1) is 41.3. The Morgan fingerprint density at radius 1 is 0.371 bits per heavy atom. The van der Waals surface area contributed by atoms with Crippen LogP contribution in [0.2, 0.25) is 0 Å². The zero-order valence-corrected chi connectivity index (χ0v) is 40.0. The van der Waals surface area contributed by atoms with E-state index < -0.39 is 0 Å². The van der Waals surface area contributed by atoms with Gasteiger partial charge in [-0.25, -0.2) is 0 Å². The van der Waals surface area contributed by atoms with Crippen molar-refractivity contribution < 1.29 is 0 Å². The van der Waals surface area contributed by atoms with Gasteiger partial charge in [-0.3, -0.25) is 0 Å². The Morgan fingerprint density at radius 3 is 1.26 bits per heavy atom. The third-order valence-electron chi connectivity index (χ3n) is 16.1. The van der Waals surface area contributed by atoms with E-state index in [-0.39, 0.29) is 0 Å². The van der Waals surface area contributed by atoms with E-state index in [4.69, 9.17) is 0 Å². The van der Waals surface area contributed by atoms with Gasteiger partial charge in [-0.05, 0) is 177 Å². The molecule has 70 heavy (non-hydrogen) atoms. The van der Waals surface area contributed by atoms with Crippen LogP contribution >= 0.6 is 0 Å². The minimum atomic E-state index is 1.13. The summed E-state index contributed by atoms with van der Waals surface area (Å²) in [5.41, 5.74) is 15.4. The molecule has 0 amide bonds. The minimum Gasteiger partial charge on any atom is -0.309 e. The van der Waals surface area contributed by atoms with Crippen molar-refractivity contribution in [1.82, 2.24) is 0 Å². The van der Waals surface area contributed by atoms with Crippen molar-refractivity contribution in [3.63, 3.8) is 0 Å². The lowest BCUT2D eigenvalue weighted by Crippen LogP contribution is -2.12. The van der Waals surface area contributed by atoms with Crippen molar-refractivity contribution in [3.8, 4) is 0 Å². The molecule has 2 aliphatic carbocycles. The van der Waals surface area contributed by atoms with Crippen LogP contribution in [0, 0.1) is 6.92 Å². The van der Waals surface area contributed by atoms with Crippen molar-refractivity contribution in [2.24, 2.45) is 0 Å². The maximum absolute atomic E-state index is 2.53. The van der Waals surface area contributed by atoms with Gasteiger partial charge in [0.2, 0.25) is 0 Å². The molecule has 2 fully saturated rings. The first-order valence-electron chi connectivity index (χ1n) is 25.9. The Morgan fingerprint density at radius 2 is 0.771 bits per heavy atom. The molecule has 12 aromatic carbocycles. The summed E-state index contributed by atoms with van der Waals surface area (Å²) in [6.07, 6.45) is 20.2. The SMILES string of the molecule is Cc1ccc(N(c2ccc(C=C(c3ccc(C=C4CCCCC4)cc3)c3ccc(C=C4CCCCC4)cc3)cc2)c2c3cccc4c5cccc6cc7cccc8c9cccc2c9c(c34)c(c65)c78)cc1. The lowest BCUT2D eigenvalue weighted by Gasteiger charge is -2.31. The van der Waals surface area contributed by atoms with E-state index in [1.807, 2.05) is 0 Å². The number of aryl methyl sites for hydroxylation is 1. The molecule has 1 nitrogen and oxygen atoms in total. The number of allylic oxidation sites excluding steroid dienone is 2. The normalized spacial score (nSPS) is 14.6. The predicted octanol–water partition coefficient (Wildman–Crippen LogP) is 20.1. The lowest BCUT2D eigenvalue weighted by atomic mass is 9.80. The number of hydrogen-bond donors (Lipinski definition) is 0. The van der Waals surface area contributed by atoms with Gasteiger partial charge >= 0.3 is 0 Å². The van der Waals surface area contributed by atoms with Crippen LogP contribution in [0.15, 0.2) is 187 Å². The van der Waals surface area contributed by atoms with E-state index in [1.54, 1.807) is 11.1 Å². The van der Waals surface area contributed by atoms with Gasteiger partial charge in [-0.1, -0.05) is 187 Å². The number of nitrogens with zero attached hydrogens (tertiary/aromatic N) is 1. The predicted molar refractivity (Wildman–Crippen MR) is 304 cm³/mol. The van der Waals surface area contributed by atoms with E-state index in [1.165, 1.54) is 184 Å². The topological polar surface area (TPSA) is 3.24 Å². The second kappa shape index (κ2) is 16.7. The van der Waals surface area contributed by atoms with Gasteiger partial charge in [0.1, 0.15) is 0 Å². The van der Waals surface area contributed by atoms with Crippen LogP contribution < -0.4 is 4.90 Å². The highest BCUT2D eigenvalue weighted by atomic mass is 15.1. The maximum atomic E-state index is 2.53. The molecule has 2 saturated carbocycles. The van der Waals surface area contributed by atoms with E-state index in [9.17, 15) is 0 Å². The molecule has 0 aromatic heterocycles. The van der Waals surface area contributed by atoms with Crippen LogP contribution in [-0.2, 0) is 0 Å². The molecule has 0 radical (unpaired) electrons. The number of rotatable bonds is 8. The van der Waals surface area contributed by atoms with Crippen LogP contribution in [0.1, 0.15) is 97.6 Å². The molecule has 12 aromatic rings. The Labute approximate surface area is 410 Å². The second-order valence-corrected chi connectivity index (χ2v) is 20.5. The first-order valence-corrected chi connectivity index (χ1v) is 25.9. The number of benzene rings is 12. The van der Waals surface area contributed by atoms with Crippen molar-refractivity contribution in [2.75, 3.05) is 4.90 Å². The third-order valence-corrected chi connectivity index (χ3v) is 16.1. The second-order valence-electron chi connectivity index (χ2n) is 20.5. The molecule has 0 unspecified atom stereocenters. The van der Waals surface area contributed by atoms with Crippen molar-refractivity contribution in [2.45, 2.75) is 71.1 Å². The number of anilines is 3. The quantitative estimate of drug-likeness (QED) is 0.0834. The molecule has 0 saturated heterocycles. The highest BCUT2D eigenvalue weighted by Gasteiger charge is 2.27. The monoisotopic (exact) mass is 897 g/mol. The van der Waals surface area contributed by atoms with Crippen LogP contribution in [0.4, 0.5) is 17.1 Å². The average molecular weight is 898 g/mol. The zero-order valence-electron chi connectivity index (χ0n) is 40.0. The largest absolute Gasteiger partial charge is 0.309 e. The highest BCUT2D eigenvalue weighted by Crippen LogP contribution is 2.55. The lowest BCUT2D eigenvalue weighted by molar-refractivity contribution is 0.602. The minimum absolute atomic E-state index is 1.13. The van der Waals surface area contributed by atoms with Gasteiger partial charge in [0.05, 0.1) is 5.69 Å². The van der Waals surface area contributed by atoms with Gasteiger partial charge < -0.3 is 4.90 Å². The van der Waals surface area contributed by atoms with Crippen LogP contribution in [0.3, 0.4) is 0 Å². The molecule has 1 heteroatoms. The summed E-state index contributed by atoms with van der Waals surface area (Å²) >= 11 is 0. The fourth-order valence-electron chi connectivity index (χ4n) is 12.8. The Hall–Kier alpha value is -7.74. The molecule has 0 bridgehead atoms. The van der Waals surface area contributed by atoms with Gasteiger partial charge in [-0.15, -0.1) is 0 Å². The third kappa shape index (κ3) is 6.81. The maximum Gasteiger partial charge on any atom is 0.0619 e. The molecule has 0 atom stereocenters. The summed E-state index contributed by atoms with van der Waals surface area (Å²) in [5, 5.41) is 18.7. The van der Waals surface area contributed by atoms with E-state index in [2.05, 4.69) is 206 Å². The molecule has 0 heterocycles. The number of fused-ring (bicyclic) bond motifs is 2. The van der Waals surface area contributed by atoms with E-state index >= 15 is 0 Å². The Bertz CT molecular complexity index is 3790. The summed E-state index contributed by atoms with van der Waals surface area (Å²) in [7, 11) is 0. The van der Waals surface area contributed by atoms with E-state index in [0.29, 0.717) is 0 Å². The summed E-state index contributed by atoms with van der Waals surface area (Å²) in [5.74, 6) is 0. The van der Waals surface area contributed by atoms with Gasteiger partial charge in [-0.2, -0.15) is 0 Å².